The number of phenolic OH excluding ortho intramolecular Hbond substituents is 1. The number of rotatable bonds is 3. The average Bonchev–Trinajstić information content (AvgIpc) is 2.59. The molecule has 2 aromatic rings. The number of phenols is 1. The smallest absolute Gasteiger partial charge is 0.342 e. The Kier molecular flexibility index (Phi) is 4.15. The van der Waals surface area contributed by atoms with Crippen molar-refractivity contribution >= 4 is 29.2 Å². The highest BCUT2D eigenvalue weighted by Gasteiger charge is 2.27. The van der Waals surface area contributed by atoms with Crippen LogP contribution < -0.4 is 10.2 Å². The topological polar surface area (TPSA) is 95.9 Å². The first-order chi connectivity index (χ1) is 11.6. The van der Waals surface area contributed by atoms with Crippen LogP contribution in [0.4, 0.5) is 11.4 Å². The minimum atomic E-state index is -0.809. The fraction of sp³-hybridized carbons (Fsp3) is 0.118. The number of aromatic hydroxyl groups is 1. The molecule has 0 aliphatic carbocycles. The van der Waals surface area contributed by atoms with E-state index >= 15 is 0 Å². The summed E-state index contributed by atoms with van der Waals surface area (Å²) >= 11 is 0. The van der Waals surface area contributed by atoms with Crippen molar-refractivity contribution in [3.63, 3.8) is 0 Å². The summed E-state index contributed by atoms with van der Waals surface area (Å²) in [5.41, 5.74) is 1.04. The van der Waals surface area contributed by atoms with Gasteiger partial charge in [0.1, 0.15) is 17.9 Å². The molecule has 0 spiro atoms. The minimum Gasteiger partial charge on any atom is -0.507 e. The van der Waals surface area contributed by atoms with E-state index < -0.39 is 18.5 Å². The van der Waals surface area contributed by atoms with Gasteiger partial charge in [-0.15, -0.1) is 0 Å². The average molecular weight is 326 g/mol. The molecule has 1 aliphatic rings. The van der Waals surface area contributed by atoms with Crippen LogP contribution in [-0.2, 0) is 14.3 Å². The van der Waals surface area contributed by atoms with Crippen molar-refractivity contribution in [3.8, 4) is 5.75 Å². The van der Waals surface area contributed by atoms with E-state index in [1.807, 2.05) is 0 Å². The van der Waals surface area contributed by atoms with Gasteiger partial charge in [-0.25, -0.2) is 4.79 Å². The van der Waals surface area contributed by atoms with Crippen LogP contribution in [0.5, 0.6) is 5.75 Å². The number of esters is 1. The van der Waals surface area contributed by atoms with Crippen molar-refractivity contribution < 1.29 is 24.2 Å². The lowest BCUT2D eigenvalue weighted by Gasteiger charge is -2.28. The number of anilines is 2. The van der Waals surface area contributed by atoms with Crippen LogP contribution in [0.1, 0.15) is 10.4 Å². The fourth-order valence-electron chi connectivity index (χ4n) is 2.38. The van der Waals surface area contributed by atoms with Crippen LogP contribution in [-0.4, -0.2) is 36.0 Å². The maximum absolute atomic E-state index is 12.3. The number of nitrogens with zero attached hydrogens (tertiary/aromatic N) is 1. The van der Waals surface area contributed by atoms with Gasteiger partial charge in [0.2, 0.25) is 5.91 Å². The van der Waals surface area contributed by atoms with Gasteiger partial charge >= 0.3 is 5.97 Å². The maximum atomic E-state index is 12.3. The molecule has 0 bridgehead atoms. The largest absolute Gasteiger partial charge is 0.507 e. The number of hydrogen-bond acceptors (Lipinski definition) is 5. The first kappa shape index (κ1) is 15.5. The lowest BCUT2D eigenvalue weighted by atomic mass is 10.2. The highest BCUT2D eigenvalue weighted by atomic mass is 16.5. The molecule has 0 unspecified atom stereocenters. The Balaban J connectivity index is 1.71. The molecular weight excluding hydrogens is 312 g/mol. The molecule has 1 aliphatic heterocycles. The third-order valence-electron chi connectivity index (χ3n) is 3.52. The van der Waals surface area contributed by atoms with Gasteiger partial charge in [-0.2, -0.15) is 0 Å². The number of carbonyl (C=O) groups is 3. The van der Waals surface area contributed by atoms with Crippen LogP contribution in [0.3, 0.4) is 0 Å². The molecule has 0 aromatic heterocycles. The van der Waals surface area contributed by atoms with Gasteiger partial charge in [-0.05, 0) is 24.3 Å². The number of para-hydroxylation sites is 3. The Labute approximate surface area is 137 Å². The molecule has 0 atom stereocenters. The molecule has 1 heterocycles. The molecule has 3 rings (SSSR count). The van der Waals surface area contributed by atoms with Crippen LogP contribution >= 0.6 is 0 Å². The molecule has 2 N–H and O–H groups in total. The number of benzene rings is 2. The van der Waals surface area contributed by atoms with Gasteiger partial charge in [0.05, 0.1) is 11.4 Å². The predicted octanol–water partition coefficient (Wildman–Crippen LogP) is 1.53. The van der Waals surface area contributed by atoms with Gasteiger partial charge in [0.15, 0.2) is 6.61 Å². The molecule has 7 heteroatoms. The van der Waals surface area contributed by atoms with Crippen LogP contribution in [0.2, 0.25) is 0 Å². The van der Waals surface area contributed by atoms with Crippen molar-refractivity contribution in [1.29, 1.82) is 0 Å². The van der Waals surface area contributed by atoms with E-state index in [0.717, 1.165) is 0 Å². The van der Waals surface area contributed by atoms with Crippen molar-refractivity contribution in [2.75, 3.05) is 23.4 Å². The van der Waals surface area contributed by atoms with Gasteiger partial charge in [-0.1, -0.05) is 24.3 Å². The summed E-state index contributed by atoms with van der Waals surface area (Å²) in [4.78, 5) is 37.2. The number of ether oxygens (including phenoxy) is 1. The van der Waals surface area contributed by atoms with Gasteiger partial charge in [0.25, 0.3) is 5.91 Å². The summed E-state index contributed by atoms with van der Waals surface area (Å²) in [6.45, 7) is -0.682. The normalized spacial score (nSPS) is 13.0. The molecule has 2 aromatic carbocycles. The Hall–Kier alpha value is -3.35. The van der Waals surface area contributed by atoms with Crippen molar-refractivity contribution in [2.45, 2.75) is 0 Å². The molecule has 7 nitrogen and oxygen atoms in total. The fourth-order valence-corrected chi connectivity index (χ4v) is 2.38. The Morgan fingerprint density at radius 3 is 2.62 bits per heavy atom. The highest BCUT2D eigenvalue weighted by Crippen LogP contribution is 2.28. The minimum absolute atomic E-state index is 0.0258. The molecular formula is C17H14N2O5. The summed E-state index contributed by atoms with van der Waals surface area (Å²) in [6.07, 6.45) is 0. The number of fused-ring (bicyclic) bond motifs is 1. The van der Waals surface area contributed by atoms with Gasteiger partial charge in [-0.3, -0.25) is 14.5 Å². The summed E-state index contributed by atoms with van der Waals surface area (Å²) in [5, 5.41) is 12.3. The van der Waals surface area contributed by atoms with E-state index in [1.165, 1.54) is 17.0 Å². The molecule has 24 heavy (non-hydrogen) atoms. The third-order valence-corrected chi connectivity index (χ3v) is 3.52. The summed E-state index contributed by atoms with van der Waals surface area (Å²) in [5.74, 6) is -1.89. The SMILES string of the molecule is O=C1CN(C(=O)COC(=O)c2ccccc2O)c2ccccc2N1. The van der Waals surface area contributed by atoms with Crippen molar-refractivity contribution in [1.82, 2.24) is 0 Å². The summed E-state index contributed by atoms with van der Waals surface area (Å²) in [6, 6.07) is 12.7. The van der Waals surface area contributed by atoms with E-state index in [-0.39, 0.29) is 23.8 Å². The number of hydrogen-bond donors (Lipinski definition) is 2. The number of nitrogens with one attached hydrogen (secondary N) is 1. The molecule has 0 saturated heterocycles. The van der Waals surface area contributed by atoms with Crippen molar-refractivity contribution in [2.24, 2.45) is 0 Å². The second-order valence-electron chi connectivity index (χ2n) is 5.14. The maximum Gasteiger partial charge on any atom is 0.342 e. The zero-order valence-corrected chi connectivity index (χ0v) is 12.6. The molecule has 0 radical (unpaired) electrons. The van der Waals surface area contributed by atoms with Crippen LogP contribution in [0.25, 0.3) is 0 Å². The third kappa shape index (κ3) is 3.05. The zero-order valence-electron chi connectivity index (χ0n) is 12.6. The van der Waals surface area contributed by atoms with E-state index in [0.29, 0.717) is 11.4 Å². The number of amides is 2. The summed E-state index contributed by atoms with van der Waals surface area (Å²) in [7, 11) is 0. The van der Waals surface area contributed by atoms with Crippen LogP contribution in [0, 0.1) is 0 Å². The predicted molar refractivity (Wildman–Crippen MR) is 85.8 cm³/mol. The lowest BCUT2D eigenvalue weighted by Crippen LogP contribution is -2.44. The zero-order chi connectivity index (χ0) is 17.1. The quantitative estimate of drug-likeness (QED) is 0.834. The van der Waals surface area contributed by atoms with Gasteiger partial charge in [0, 0.05) is 0 Å². The lowest BCUT2D eigenvalue weighted by molar-refractivity contribution is -0.124. The molecule has 122 valence electrons. The Morgan fingerprint density at radius 1 is 1.12 bits per heavy atom. The second kappa shape index (κ2) is 6.41. The van der Waals surface area contributed by atoms with Gasteiger partial charge < -0.3 is 15.2 Å². The number of carbonyl (C=O) groups excluding carboxylic acids is 3. The Bertz CT molecular complexity index is 818. The molecule has 0 fully saturated rings. The second-order valence-corrected chi connectivity index (χ2v) is 5.14. The Morgan fingerprint density at radius 2 is 1.83 bits per heavy atom. The first-order valence-corrected chi connectivity index (χ1v) is 7.20. The van der Waals surface area contributed by atoms with Crippen molar-refractivity contribution in [3.05, 3.63) is 54.1 Å². The van der Waals surface area contributed by atoms with Crippen LogP contribution in [0.15, 0.2) is 48.5 Å². The van der Waals surface area contributed by atoms with E-state index in [2.05, 4.69) is 5.32 Å². The standard InChI is InChI=1S/C17H14N2O5/c20-14-8-4-1-5-11(14)17(23)24-10-16(22)19-9-15(21)18-12-6-2-3-7-13(12)19/h1-8,20H,9-10H2,(H,18,21). The van der Waals surface area contributed by atoms with E-state index in [4.69, 9.17) is 4.74 Å². The van der Waals surface area contributed by atoms with E-state index in [1.54, 1.807) is 36.4 Å². The monoisotopic (exact) mass is 326 g/mol. The molecule has 0 saturated carbocycles. The molecule has 2 amide bonds. The highest BCUT2D eigenvalue weighted by molar-refractivity contribution is 6.10. The van der Waals surface area contributed by atoms with E-state index in [9.17, 15) is 19.5 Å². The first-order valence-electron chi connectivity index (χ1n) is 7.20. The summed E-state index contributed by atoms with van der Waals surface area (Å²) < 4.78 is 4.95.